The van der Waals surface area contributed by atoms with Crippen LogP contribution in [0.5, 0.6) is 0 Å². The van der Waals surface area contributed by atoms with Gasteiger partial charge in [0.25, 0.3) is 10.1 Å². The normalized spacial score (nSPS) is 15.9. The van der Waals surface area contributed by atoms with Crippen LogP contribution in [0.1, 0.15) is 19.8 Å². The molecule has 0 aliphatic carbocycles. The maximum Gasteiger partial charge on any atom is 0.278 e. The second-order valence-corrected chi connectivity index (χ2v) is 6.43. The third-order valence-corrected chi connectivity index (χ3v) is 4.89. The first-order valence-corrected chi connectivity index (χ1v) is 8.83. The highest BCUT2D eigenvalue weighted by Crippen LogP contribution is 2.14. The van der Waals surface area contributed by atoms with Crippen molar-refractivity contribution in [3.05, 3.63) is 12.4 Å². The Bertz CT molecular complexity index is 345. The first-order chi connectivity index (χ1) is 8.07. The van der Waals surface area contributed by atoms with Crippen LogP contribution in [0.4, 0.5) is 0 Å². The summed E-state index contributed by atoms with van der Waals surface area (Å²) in [5, 5.41) is 0. The molecule has 0 radical (unpaired) electrons. The Morgan fingerprint density at radius 1 is 1.35 bits per heavy atom. The molecule has 5 nitrogen and oxygen atoms in total. The van der Waals surface area contributed by atoms with Gasteiger partial charge in [-0.2, -0.15) is 12.0 Å². The van der Waals surface area contributed by atoms with E-state index in [0.29, 0.717) is 17.5 Å². The minimum atomic E-state index is -3.40. The SMILES string of the molecule is CCN1C=CN(CCCCS(=O)(=O)OSS)C1. The van der Waals surface area contributed by atoms with Crippen molar-refractivity contribution >= 4 is 32.9 Å². The zero-order valence-corrected chi connectivity index (χ0v) is 12.3. The molecule has 0 amide bonds. The third-order valence-electron chi connectivity index (χ3n) is 2.48. The van der Waals surface area contributed by atoms with Gasteiger partial charge in [0.15, 0.2) is 0 Å². The van der Waals surface area contributed by atoms with Crippen molar-refractivity contribution in [1.82, 2.24) is 9.80 Å². The van der Waals surface area contributed by atoms with E-state index in [4.69, 9.17) is 0 Å². The van der Waals surface area contributed by atoms with E-state index in [2.05, 4.69) is 38.2 Å². The molecule has 0 aromatic rings. The molecule has 1 rings (SSSR count). The highest BCUT2D eigenvalue weighted by Gasteiger charge is 2.13. The Morgan fingerprint density at radius 3 is 2.65 bits per heavy atom. The largest absolute Gasteiger partial charge is 0.359 e. The fourth-order valence-corrected chi connectivity index (χ4v) is 3.58. The van der Waals surface area contributed by atoms with E-state index in [1.54, 1.807) is 0 Å². The Labute approximate surface area is 112 Å². The number of rotatable bonds is 8. The molecule has 0 spiro atoms. The third kappa shape index (κ3) is 5.89. The second kappa shape index (κ2) is 7.40. The summed E-state index contributed by atoms with van der Waals surface area (Å²) in [6.07, 6.45) is 5.53. The van der Waals surface area contributed by atoms with Crippen LogP contribution in [0, 0.1) is 0 Å². The summed E-state index contributed by atoms with van der Waals surface area (Å²) >= 11 is 4.22. The van der Waals surface area contributed by atoms with Crippen molar-refractivity contribution in [2.45, 2.75) is 19.8 Å². The maximum absolute atomic E-state index is 11.2. The molecule has 0 unspecified atom stereocenters. The lowest BCUT2D eigenvalue weighted by Gasteiger charge is -2.19. The number of hydrogen-bond donors (Lipinski definition) is 1. The lowest BCUT2D eigenvalue weighted by Crippen LogP contribution is -2.26. The number of hydrogen-bond acceptors (Lipinski definition) is 7. The molecule has 0 N–H and O–H groups in total. The molecule has 0 saturated heterocycles. The Kier molecular flexibility index (Phi) is 6.53. The van der Waals surface area contributed by atoms with Crippen molar-refractivity contribution in [2.75, 3.05) is 25.5 Å². The number of nitrogens with zero attached hydrogens (tertiary/aromatic N) is 2. The second-order valence-electron chi connectivity index (χ2n) is 3.77. The molecular weight excluding hydrogens is 280 g/mol. The Balaban J connectivity index is 2.11. The average molecular weight is 298 g/mol. The van der Waals surface area contributed by atoms with Crippen LogP contribution in [-0.4, -0.2) is 43.7 Å². The van der Waals surface area contributed by atoms with Gasteiger partial charge in [-0.3, -0.25) is 0 Å². The molecule has 17 heavy (non-hydrogen) atoms. The number of unbranched alkanes of at least 4 members (excludes halogenated alkanes) is 1. The fourth-order valence-electron chi connectivity index (χ4n) is 1.54. The van der Waals surface area contributed by atoms with Crippen LogP contribution >= 0.6 is 22.7 Å². The molecule has 1 aliphatic heterocycles. The van der Waals surface area contributed by atoms with Gasteiger partial charge in [-0.1, -0.05) is 11.7 Å². The lowest BCUT2D eigenvalue weighted by atomic mass is 10.3. The predicted molar refractivity (Wildman–Crippen MR) is 73.8 cm³/mol. The summed E-state index contributed by atoms with van der Waals surface area (Å²) in [6.45, 7) is 4.87. The lowest BCUT2D eigenvalue weighted by molar-refractivity contribution is 0.270. The van der Waals surface area contributed by atoms with Crippen LogP contribution in [0.3, 0.4) is 0 Å². The van der Waals surface area contributed by atoms with Crippen molar-refractivity contribution in [2.24, 2.45) is 0 Å². The highest BCUT2D eigenvalue weighted by atomic mass is 33.1. The summed E-state index contributed by atoms with van der Waals surface area (Å²) < 4.78 is 26.8. The zero-order valence-electron chi connectivity index (χ0n) is 9.78. The van der Waals surface area contributed by atoms with Gasteiger partial charge in [0.2, 0.25) is 0 Å². The molecule has 1 heterocycles. The van der Waals surface area contributed by atoms with Crippen molar-refractivity contribution in [1.29, 1.82) is 0 Å². The monoisotopic (exact) mass is 298 g/mol. The van der Waals surface area contributed by atoms with E-state index in [9.17, 15) is 8.42 Å². The quantitative estimate of drug-likeness (QED) is 0.318. The van der Waals surface area contributed by atoms with Gasteiger partial charge in [0.05, 0.1) is 23.5 Å². The molecule has 8 heteroatoms. The van der Waals surface area contributed by atoms with Gasteiger partial charge < -0.3 is 9.80 Å². The molecule has 0 bridgehead atoms. The van der Waals surface area contributed by atoms with E-state index in [1.807, 2.05) is 6.20 Å². The van der Waals surface area contributed by atoms with Crippen LogP contribution in [0.2, 0.25) is 0 Å². The number of thiol groups is 1. The summed E-state index contributed by atoms with van der Waals surface area (Å²) in [6, 6.07) is 0. The molecule has 0 saturated carbocycles. The Hall–Kier alpha value is -0.0500. The minimum Gasteiger partial charge on any atom is -0.359 e. The van der Waals surface area contributed by atoms with Gasteiger partial charge >= 0.3 is 0 Å². The molecule has 1 aliphatic rings. The first-order valence-electron chi connectivity index (χ1n) is 5.46. The summed E-state index contributed by atoms with van der Waals surface area (Å²) in [4.78, 5) is 4.36. The average Bonchev–Trinajstić information content (AvgIpc) is 2.72. The van der Waals surface area contributed by atoms with Gasteiger partial charge in [0, 0.05) is 25.5 Å². The smallest absolute Gasteiger partial charge is 0.278 e. The van der Waals surface area contributed by atoms with Gasteiger partial charge in [-0.05, 0) is 19.8 Å². The van der Waals surface area contributed by atoms with E-state index < -0.39 is 10.1 Å². The van der Waals surface area contributed by atoms with Crippen molar-refractivity contribution in [3.63, 3.8) is 0 Å². The van der Waals surface area contributed by atoms with Gasteiger partial charge in [-0.15, -0.1) is 0 Å². The topological polar surface area (TPSA) is 49.9 Å². The molecular formula is C9H18N2O3S3. The molecule has 100 valence electrons. The van der Waals surface area contributed by atoms with Crippen LogP contribution in [0.15, 0.2) is 12.4 Å². The molecule has 0 aromatic heterocycles. The van der Waals surface area contributed by atoms with Crippen LogP contribution in [-0.2, 0) is 13.7 Å². The Morgan fingerprint density at radius 2 is 2.06 bits per heavy atom. The van der Waals surface area contributed by atoms with E-state index in [0.717, 1.165) is 26.2 Å². The van der Waals surface area contributed by atoms with Crippen molar-refractivity contribution in [3.8, 4) is 0 Å². The zero-order chi connectivity index (χ0) is 12.7. The van der Waals surface area contributed by atoms with Gasteiger partial charge in [0.1, 0.15) is 0 Å². The predicted octanol–water partition coefficient (Wildman–Crippen LogP) is 1.67. The first kappa shape index (κ1) is 15.0. The van der Waals surface area contributed by atoms with E-state index >= 15 is 0 Å². The molecule has 0 fully saturated rings. The minimum absolute atomic E-state index is 0.0512. The summed E-state index contributed by atoms with van der Waals surface area (Å²) in [5.74, 6) is 0.0512. The highest BCUT2D eigenvalue weighted by molar-refractivity contribution is 8.67. The van der Waals surface area contributed by atoms with Gasteiger partial charge in [-0.25, -0.2) is 0 Å². The van der Waals surface area contributed by atoms with Crippen LogP contribution in [0.25, 0.3) is 0 Å². The van der Waals surface area contributed by atoms with E-state index in [-0.39, 0.29) is 5.75 Å². The fraction of sp³-hybridized carbons (Fsp3) is 0.778. The summed E-state index contributed by atoms with van der Waals surface area (Å²) in [7, 11) is -3.40. The molecule has 0 atom stereocenters. The van der Waals surface area contributed by atoms with E-state index in [1.165, 1.54) is 0 Å². The molecule has 0 aromatic carbocycles. The van der Waals surface area contributed by atoms with Crippen molar-refractivity contribution < 1.29 is 12.0 Å². The standard InChI is InChI=1S/C9H18N2O3S3/c1-2-10-6-7-11(9-10)5-3-4-8-17(12,13)14-16-15/h6-7,15H,2-5,8-9H2,1H3. The summed E-state index contributed by atoms with van der Waals surface area (Å²) in [5.41, 5.74) is 0. The van der Waals surface area contributed by atoms with Crippen LogP contribution < -0.4 is 0 Å². The maximum atomic E-state index is 11.2.